The molecular formula is C11H10BrN3O3. The number of carbonyl (C=O) groups is 1. The highest BCUT2D eigenvalue weighted by molar-refractivity contribution is 9.10. The number of ether oxygens (including phenoxy) is 1. The largest absolute Gasteiger partial charge is 0.490 e. The number of benzene rings is 1. The van der Waals surface area contributed by atoms with Gasteiger partial charge in [-0.15, -0.1) is 5.10 Å². The van der Waals surface area contributed by atoms with Gasteiger partial charge in [0.1, 0.15) is 12.4 Å². The molecule has 0 amide bonds. The van der Waals surface area contributed by atoms with Crippen LogP contribution in [0.2, 0.25) is 0 Å². The van der Waals surface area contributed by atoms with Crippen LogP contribution >= 0.6 is 15.9 Å². The van der Waals surface area contributed by atoms with Gasteiger partial charge >= 0.3 is 5.97 Å². The van der Waals surface area contributed by atoms with Gasteiger partial charge in [-0.2, -0.15) is 0 Å². The summed E-state index contributed by atoms with van der Waals surface area (Å²) in [6, 6.07) is 7.49. The average Bonchev–Trinajstić information content (AvgIpc) is 2.80. The predicted octanol–water partition coefficient (Wildman–Crippen LogP) is 1.82. The van der Waals surface area contributed by atoms with E-state index in [4.69, 9.17) is 9.84 Å². The smallest absolute Gasteiger partial charge is 0.358 e. The Bertz CT molecular complexity index is 556. The number of para-hydroxylation sites is 1. The van der Waals surface area contributed by atoms with Crippen LogP contribution in [0.25, 0.3) is 0 Å². The van der Waals surface area contributed by atoms with Crippen molar-refractivity contribution in [1.29, 1.82) is 0 Å². The predicted molar refractivity (Wildman–Crippen MR) is 66.6 cm³/mol. The van der Waals surface area contributed by atoms with E-state index in [1.165, 1.54) is 10.9 Å². The molecule has 7 heteroatoms. The maximum Gasteiger partial charge on any atom is 0.358 e. The number of hydrogen-bond acceptors (Lipinski definition) is 4. The van der Waals surface area contributed by atoms with Gasteiger partial charge in [0.15, 0.2) is 5.69 Å². The van der Waals surface area contributed by atoms with Gasteiger partial charge in [-0.25, -0.2) is 9.48 Å². The molecule has 1 heterocycles. The lowest BCUT2D eigenvalue weighted by Crippen LogP contribution is -2.09. The summed E-state index contributed by atoms with van der Waals surface area (Å²) >= 11 is 3.37. The second-order valence-corrected chi connectivity index (χ2v) is 4.31. The maximum absolute atomic E-state index is 10.6. The first-order valence-electron chi connectivity index (χ1n) is 5.17. The molecular weight excluding hydrogens is 302 g/mol. The van der Waals surface area contributed by atoms with E-state index in [1.807, 2.05) is 24.3 Å². The number of halogens is 1. The van der Waals surface area contributed by atoms with Crippen molar-refractivity contribution in [3.63, 3.8) is 0 Å². The monoisotopic (exact) mass is 311 g/mol. The second kappa shape index (κ2) is 5.63. The summed E-state index contributed by atoms with van der Waals surface area (Å²) < 4.78 is 7.83. The number of rotatable bonds is 5. The van der Waals surface area contributed by atoms with Crippen molar-refractivity contribution in [3.05, 3.63) is 40.6 Å². The summed E-state index contributed by atoms with van der Waals surface area (Å²) in [6.07, 6.45) is 1.37. The zero-order valence-electron chi connectivity index (χ0n) is 9.28. The van der Waals surface area contributed by atoms with E-state index >= 15 is 0 Å². The van der Waals surface area contributed by atoms with E-state index in [1.54, 1.807) is 0 Å². The van der Waals surface area contributed by atoms with Crippen LogP contribution in [0, 0.1) is 0 Å². The van der Waals surface area contributed by atoms with E-state index in [9.17, 15) is 4.79 Å². The van der Waals surface area contributed by atoms with E-state index < -0.39 is 5.97 Å². The van der Waals surface area contributed by atoms with E-state index in [0.717, 1.165) is 10.2 Å². The van der Waals surface area contributed by atoms with Gasteiger partial charge in [-0.05, 0) is 28.1 Å². The SMILES string of the molecule is O=C(O)c1cn(CCOc2ccccc2Br)nn1. The van der Waals surface area contributed by atoms with Crippen LogP contribution < -0.4 is 4.74 Å². The maximum atomic E-state index is 10.6. The van der Waals surface area contributed by atoms with E-state index in [0.29, 0.717) is 13.2 Å². The highest BCUT2D eigenvalue weighted by Crippen LogP contribution is 2.23. The molecule has 18 heavy (non-hydrogen) atoms. The van der Waals surface area contributed by atoms with Gasteiger partial charge in [0.25, 0.3) is 0 Å². The van der Waals surface area contributed by atoms with Crippen LogP contribution in [-0.4, -0.2) is 32.7 Å². The van der Waals surface area contributed by atoms with Crippen molar-refractivity contribution in [3.8, 4) is 5.75 Å². The van der Waals surface area contributed by atoms with Crippen molar-refractivity contribution < 1.29 is 14.6 Å². The molecule has 0 bridgehead atoms. The first-order chi connectivity index (χ1) is 8.66. The molecule has 0 radical (unpaired) electrons. The number of carboxylic acid groups (broad SMARTS) is 1. The number of aromatic nitrogens is 3. The van der Waals surface area contributed by atoms with Crippen LogP contribution in [0.1, 0.15) is 10.5 Å². The fraction of sp³-hybridized carbons (Fsp3) is 0.182. The summed E-state index contributed by atoms with van der Waals surface area (Å²) in [7, 11) is 0. The zero-order valence-corrected chi connectivity index (χ0v) is 10.9. The minimum Gasteiger partial charge on any atom is -0.490 e. The Morgan fingerprint density at radius 3 is 2.89 bits per heavy atom. The lowest BCUT2D eigenvalue weighted by molar-refractivity contribution is 0.0690. The van der Waals surface area contributed by atoms with Crippen LogP contribution in [-0.2, 0) is 6.54 Å². The van der Waals surface area contributed by atoms with Crippen LogP contribution in [0.4, 0.5) is 0 Å². The van der Waals surface area contributed by atoms with E-state index in [2.05, 4.69) is 26.2 Å². The molecule has 2 aromatic rings. The van der Waals surface area contributed by atoms with Crippen molar-refractivity contribution in [1.82, 2.24) is 15.0 Å². The number of hydrogen-bond donors (Lipinski definition) is 1. The minimum absolute atomic E-state index is 0.0732. The van der Waals surface area contributed by atoms with Crippen LogP contribution in [0.5, 0.6) is 5.75 Å². The molecule has 1 N–H and O–H groups in total. The Kier molecular flexibility index (Phi) is 3.93. The molecule has 6 nitrogen and oxygen atoms in total. The van der Waals surface area contributed by atoms with Gasteiger partial charge in [0.2, 0.25) is 0 Å². The fourth-order valence-electron chi connectivity index (χ4n) is 1.32. The molecule has 0 fully saturated rings. The number of aromatic carboxylic acids is 1. The highest BCUT2D eigenvalue weighted by atomic mass is 79.9. The van der Waals surface area contributed by atoms with Crippen molar-refractivity contribution >= 4 is 21.9 Å². The molecule has 0 atom stereocenters. The summed E-state index contributed by atoms with van der Waals surface area (Å²) in [6.45, 7) is 0.812. The van der Waals surface area contributed by atoms with Crippen molar-refractivity contribution in [2.75, 3.05) is 6.61 Å². The van der Waals surface area contributed by atoms with Crippen LogP contribution in [0.3, 0.4) is 0 Å². The number of carboxylic acids is 1. The molecule has 0 aliphatic heterocycles. The molecule has 0 unspecified atom stereocenters. The summed E-state index contributed by atoms with van der Waals surface area (Å²) in [5.74, 6) is -0.357. The molecule has 0 saturated heterocycles. The lowest BCUT2D eigenvalue weighted by atomic mass is 10.3. The van der Waals surface area contributed by atoms with Gasteiger partial charge in [-0.3, -0.25) is 0 Å². The third kappa shape index (κ3) is 3.07. The van der Waals surface area contributed by atoms with Crippen LogP contribution in [0.15, 0.2) is 34.9 Å². The fourth-order valence-corrected chi connectivity index (χ4v) is 1.72. The molecule has 1 aromatic heterocycles. The third-order valence-electron chi connectivity index (χ3n) is 2.17. The Balaban J connectivity index is 1.88. The normalized spacial score (nSPS) is 10.3. The van der Waals surface area contributed by atoms with Gasteiger partial charge in [-0.1, -0.05) is 17.3 Å². The van der Waals surface area contributed by atoms with E-state index in [-0.39, 0.29) is 5.69 Å². The molecule has 0 spiro atoms. The first kappa shape index (κ1) is 12.6. The molecule has 0 aliphatic carbocycles. The standard InChI is InChI=1S/C11H10BrN3O3/c12-8-3-1-2-4-10(8)18-6-5-15-7-9(11(16)17)13-14-15/h1-4,7H,5-6H2,(H,16,17). The molecule has 1 aromatic carbocycles. The second-order valence-electron chi connectivity index (χ2n) is 3.45. The summed E-state index contributed by atoms with van der Waals surface area (Å²) in [5, 5.41) is 15.9. The lowest BCUT2D eigenvalue weighted by Gasteiger charge is -2.07. The minimum atomic E-state index is -1.09. The quantitative estimate of drug-likeness (QED) is 0.911. The topological polar surface area (TPSA) is 77.2 Å². The van der Waals surface area contributed by atoms with Gasteiger partial charge in [0, 0.05) is 0 Å². The average molecular weight is 312 g/mol. The van der Waals surface area contributed by atoms with Gasteiger partial charge < -0.3 is 9.84 Å². The molecule has 94 valence electrons. The molecule has 0 saturated carbocycles. The van der Waals surface area contributed by atoms with Crippen molar-refractivity contribution in [2.45, 2.75) is 6.54 Å². The molecule has 2 rings (SSSR count). The summed E-state index contributed by atoms with van der Waals surface area (Å²) in [4.78, 5) is 10.6. The Hall–Kier alpha value is -1.89. The van der Waals surface area contributed by atoms with Gasteiger partial charge in [0.05, 0.1) is 17.2 Å². The first-order valence-corrected chi connectivity index (χ1v) is 5.97. The molecule has 0 aliphatic rings. The Labute approximate surface area is 111 Å². The highest BCUT2D eigenvalue weighted by Gasteiger charge is 2.08. The Morgan fingerprint density at radius 1 is 1.44 bits per heavy atom. The third-order valence-corrected chi connectivity index (χ3v) is 2.83. The summed E-state index contributed by atoms with van der Waals surface area (Å²) in [5.41, 5.74) is -0.0732. The van der Waals surface area contributed by atoms with Crippen molar-refractivity contribution in [2.24, 2.45) is 0 Å². The Morgan fingerprint density at radius 2 is 2.22 bits per heavy atom. The number of nitrogens with zero attached hydrogens (tertiary/aromatic N) is 3. The zero-order chi connectivity index (χ0) is 13.0.